The summed E-state index contributed by atoms with van der Waals surface area (Å²) in [7, 11) is 0. The van der Waals surface area contributed by atoms with Crippen molar-refractivity contribution in [3.05, 3.63) is 23.8 Å². The number of halogens is 1. The SMILES string of the molecule is CC1(C)Oc2ccc(C(=O)CCl)cc2NC1=O. The van der Waals surface area contributed by atoms with Crippen LogP contribution in [0.3, 0.4) is 0 Å². The third-order valence-electron chi connectivity index (χ3n) is 2.58. The van der Waals surface area contributed by atoms with E-state index in [1.54, 1.807) is 32.0 Å². The maximum atomic E-state index is 11.7. The zero-order valence-corrected chi connectivity index (χ0v) is 10.3. The first-order valence-electron chi connectivity index (χ1n) is 5.18. The van der Waals surface area contributed by atoms with Crippen molar-refractivity contribution < 1.29 is 14.3 Å². The minimum absolute atomic E-state index is 0.0842. The number of hydrogen-bond donors (Lipinski definition) is 1. The van der Waals surface area contributed by atoms with E-state index >= 15 is 0 Å². The van der Waals surface area contributed by atoms with Gasteiger partial charge in [-0.15, -0.1) is 11.6 Å². The van der Waals surface area contributed by atoms with Gasteiger partial charge in [-0.3, -0.25) is 9.59 Å². The van der Waals surface area contributed by atoms with Crippen molar-refractivity contribution in [3.8, 4) is 5.75 Å². The molecule has 1 aromatic carbocycles. The van der Waals surface area contributed by atoms with Crippen LogP contribution in [0.5, 0.6) is 5.75 Å². The molecule has 0 aliphatic carbocycles. The molecule has 1 aromatic rings. The lowest BCUT2D eigenvalue weighted by Crippen LogP contribution is -2.45. The Kier molecular flexibility index (Phi) is 2.83. The summed E-state index contributed by atoms with van der Waals surface area (Å²) in [4.78, 5) is 23.1. The fraction of sp³-hybridized carbons (Fsp3) is 0.333. The van der Waals surface area contributed by atoms with Gasteiger partial charge in [0, 0.05) is 5.56 Å². The molecule has 2 rings (SSSR count). The standard InChI is InChI=1S/C12H12ClNO3/c1-12(2)11(16)14-8-5-7(9(15)6-13)3-4-10(8)17-12/h3-5H,6H2,1-2H3,(H,14,16). The van der Waals surface area contributed by atoms with Gasteiger partial charge in [0.05, 0.1) is 11.6 Å². The largest absolute Gasteiger partial charge is 0.476 e. The van der Waals surface area contributed by atoms with Gasteiger partial charge >= 0.3 is 0 Å². The van der Waals surface area contributed by atoms with E-state index in [0.717, 1.165) is 0 Å². The molecule has 1 heterocycles. The Bertz CT molecular complexity index is 497. The summed E-state index contributed by atoms with van der Waals surface area (Å²) >= 11 is 5.48. The van der Waals surface area contributed by atoms with Crippen LogP contribution in [0.4, 0.5) is 5.69 Å². The zero-order chi connectivity index (χ0) is 12.6. The van der Waals surface area contributed by atoms with E-state index in [9.17, 15) is 9.59 Å². The van der Waals surface area contributed by atoms with Crippen molar-refractivity contribution in [2.45, 2.75) is 19.4 Å². The quantitative estimate of drug-likeness (QED) is 0.650. The number of Topliss-reactive ketones (excluding diaryl/α,β-unsaturated/α-hetero) is 1. The number of benzene rings is 1. The molecule has 17 heavy (non-hydrogen) atoms. The van der Waals surface area contributed by atoms with Crippen molar-refractivity contribution in [2.24, 2.45) is 0 Å². The number of ether oxygens (including phenoxy) is 1. The van der Waals surface area contributed by atoms with E-state index in [2.05, 4.69) is 5.32 Å². The second-order valence-corrected chi connectivity index (χ2v) is 4.60. The van der Waals surface area contributed by atoms with Gasteiger partial charge in [0.2, 0.25) is 0 Å². The lowest BCUT2D eigenvalue weighted by Gasteiger charge is -2.31. The van der Waals surface area contributed by atoms with Crippen LogP contribution < -0.4 is 10.1 Å². The summed E-state index contributed by atoms with van der Waals surface area (Å²) in [5.74, 6) is 0.0498. The second kappa shape index (κ2) is 4.04. The third-order valence-corrected chi connectivity index (χ3v) is 2.83. The number of nitrogens with one attached hydrogen (secondary N) is 1. The Hall–Kier alpha value is -1.55. The number of carbonyl (C=O) groups excluding carboxylic acids is 2. The highest BCUT2D eigenvalue weighted by Gasteiger charge is 2.35. The highest BCUT2D eigenvalue weighted by Crippen LogP contribution is 2.34. The number of ketones is 1. The van der Waals surface area contributed by atoms with Crippen LogP contribution >= 0.6 is 11.6 Å². The van der Waals surface area contributed by atoms with E-state index in [-0.39, 0.29) is 17.6 Å². The molecule has 0 spiro atoms. The summed E-state index contributed by atoms with van der Waals surface area (Å²) in [6, 6.07) is 4.88. The minimum Gasteiger partial charge on any atom is -0.476 e. The molecule has 90 valence electrons. The van der Waals surface area contributed by atoms with Gasteiger partial charge in [-0.05, 0) is 32.0 Å². The Morgan fingerprint density at radius 1 is 1.47 bits per heavy atom. The molecule has 4 nitrogen and oxygen atoms in total. The highest BCUT2D eigenvalue weighted by atomic mass is 35.5. The monoisotopic (exact) mass is 253 g/mol. The predicted molar refractivity (Wildman–Crippen MR) is 64.8 cm³/mol. The van der Waals surface area contributed by atoms with Crippen LogP contribution in [-0.4, -0.2) is 23.2 Å². The molecule has 5 heteroatoms. The van der Waals surface area contributed by atoms with Gasteiger partial charge in [-0.25, -0.2) is 0 Å². The van der Waals surface area contributed by atoms with Crippen LogP contribution in [0, 0.1) is 0 Å². The van der Waals surface area contributed by atoms with Crippen molar-refractivity contribution >= 4 is 29.0 Å². The number of carbonyl (C=O) groups is 2. The van der Waals surface area contributed by atoms with Crippen molar-refractivity contribution in [1.82, 2.24) is 0 Å². The first-order valence-corrected chi connectivity index (χ1v) is 5.71. The lowest BCUT2D eigenvalue weighted by molar-refractivity contribution is -0.129. The summed E-state index contributed by atoms with van der Waals surface area (Å²) < 4.78 is 5.54. The number of alkyl halides is 1. The first-order chi connectivity index (χ1) is 7.94. The van der Waals surface area contributed by atoms with Gasteiger partial charge in [0.1, 0.15) is 5.75 Å². The van der Waals surface area contributed by atoms with E-state index < -0.39 is 5.60 Å². The van der Waals surface area contributed by atoms with E-state index in [1.165, 1.54) is 0 Å². The molecule has 0 saturated carbocycles. The summed E-state index contributed by atoms with van der Waals surface area (Å²) in [5, 5.41) is 2.71. The zero-order valence-electron chi connectivity index (χ0n) is 9.54. The van der Waals surface area contributed by atoms with E-state index in [4.69, 9.17) is 16.3 Å². The molecule has 0 radical (unpaired) electrons. The first kappa shape index (κ1) is 11.9. The molecular formula is C12H12ClNO3. The molecule has 0 fully saturated rings. The van der Waals surface area contributed by atoms with Crippen LogP contribution in [-0.2, 0) is 4.79 Å². The lowest BCUT2D eigenvalue weighted by atomic mass is 10.0. The number of anilines is 1. The molecule has 0 saturated heterocycles. The highest BCUT2D eigenvalue weighted by molar-refractivity contribution is 6.30. The third kappa shape index (κ3) is 2.13. The topological polar surface area (TPSA) is 55.4 Å². The number of rotatable bonds is 2. The second-order valence-electron chi connectivity index (χ2n) is 4.33. The molecule has 1 aliphatic heterocycles. The maximum Gasteiger partial charge on any atom is 0.268 e. The molecule has 0 unspecified atom stereocenters. The van der Waals surface area contributed by atoms with Crippen LogP contribution in [0.15, 0.2) is 18.2 Å². The molecular weight excluding hydrogens is 242 g/mol. The number of amides is 1. The summed E-state index contributed by atoms with van der Waals surface area (Å²) in [6.07, 6.45) is 0. The molecule has 0 aromatic heterocycles. The normalized spacial score (nSPS) is 16.8. The summed E-state index contributed by atoms with van der Waals surface area (Å²) in [6.45, 7) is 3.37. The molecule has 1 N–H and O–H groups in total. The van der Waals surface area contributed by atoms with Crippen molar-refractivity contribution in [2.75, 3.05) is 11.2 Å². The van der Waals surface area contributed by atoms with Crippen molar-refractivity contribution in [1.29, 1.82) is 0 Å². The van der Waals surface area contributed by atoms with Gasteiger partial charge in [-0.1, -0.05) is 0 Å². The average Bonchev–Trinajstić information content (AvgIpc) is 2.28. The van der Waals surface area contributed by atoms with Gasteiger partial charge < -0.3 is 10.1 Å². The Morgan fingerprint density at radius 2 is 2.18 bits per heavy atom. The van der Waals surface area contributed by atoms with Crippen molar-refractivity contribution in [3.63, 3.8) is 0 Å². The Balaban J connectivity index is 2.39. The molecule has 0 atom stereocenters. The number of hydrogen-bond acceptors (Lipinski definition) is 3. The predicted octanol–water partition coefficient (Wildman–Crippen LogP) is 2.22. The number of fused-ring (bicyclic) bond motifs is 1. The fourth-order valence-electron chi connectivity index (χ4n) is 1.56. The van der Waals surface area contributed by atoms with Gasteiger partial charge in [0.15, 0.2) is 11.4 Å². The summed E-state index contributed by atoms with van der Waals surface area (Å²) in [5.41, 5.74) is 0.0676. The van der Waals surface area contributed by atoms with E-state index in [0.29, 0.717) is 17.0 Å². The molecule has 1 aliphatic rings. The van der Waals surface area contributed by atoms with Crippen LogP contribution in [0.1, 0.15) is 24.2 Å². The fourth-order valence-corrected chi connectivity index (χ4v) is 1.72. The van der Waals surface area contributed by atoms with Gasteiger partial charge in [-0.2, -0.15) is 0 Å². The minimum atomic E-state index is -0.898. The smallest absolute Gasteiger partial charge is 0.268 e. The Labute approximate surface area is 104 Å². The molecule has 1 amide bonds. The van der Waals surface area contributed by atoms with E-state index in [1.807, 2.05) is 0 Å². The van der Waals surface area contributed by atoms with Crippen LogP contribution in [0.25, 0.3) is 0 Å². The molecule has 0 bridgehead atoms. The van der Waals surface area contributed by atoms with Crippen LogP contribution in [0.2, 0.25) is 0 Å². The Morgan fingerprint density at radius 3 is 2.82 bits per heavy atom. The average molecular weight is 254 g/mol. The maximum absolute atomic E-state index is 11.7. The van der Waals surface area contributed by atoms with Gasteiger partial charge in [0.25, 0.3) is 5.91 Å².